The van der Waals surface area contributed by atoms with E-state index in [1.54, 1.807) is 24.6 Å². The average Bonchev–Trinajstić information content (AvgIpc) is 2.58. The van der Waals surface area contributed by atoms with Crippen molar-refractivity contribution in [1.82, 2.24) is 9.55 Å². The van der Waals surface area contributed by atoms with Gasteiger partial charge in [-0.2, -0.15) is 0 Å². The van der Waals surface area contributed by atoms with Gasteiger partial charge >= 0.3 is 0 Å². The predicted octanol–water partition coefficient (Wildman–Crippen LogP) is 2.03. The topological polar surface area (TPSA) is 59.2 Å². The highest BCUT2D eigenvalue weighted by Crippen LogP contribution is 2.22. The molecule has 0 saturated carbocycles. The quantitative estimate of drug-likeness (QED) is 0.648. The fraction of sp³-hybridized carbons (Fsp3) is 0.308. The van der Waals surface area contributed by atoms with Gasteiger partial charge in [-0.1, -0.05) is 0 Å². The highest BCUT2D eigenvalue weighted by molar-refractivity contribution is 6.06. The van der Waals surface area contributed by atoms with Crippen LogP contribution in [-0.4, -0.2) is 15.3 Å². The number of Topliss-reactive ketones (excluding diaryl/α,β-unsaturated/α-hetero) is 1. The van der Waals surface area contributed by atoms with E-state index in [1.807, 2.05) is 0 Å². The molecule has 5 nitrogen and oxygen atoms in total. The monoisotopic (exact) mass is 243 g/mol. The first kappa shape index (κ1) is 12.1. The third-order valence-corrected chi connectivity index (χ3v) is 3.09. The van der Waals surface area contributed by atoms with Crippen LogP contribution in [0.2, 0.25) is 0 Å². The Morgan fingerprint density at radius 2 is 2.17 bits per heavy atom. The molecular weight excluding hydrogens is 230 g/mol. The number of hydrogen-bond acceptors (Lipinski definition) is 2. The second-order valence-corrected chi connectivity index (χ2v) is 4.27. The van der Waals surface area contributed by atoms with Crippen molar-refractivity contribution in [1.29, 1.82) is 0 Å². The molecule has 0 aliphatic rings. The Bertz CT molecular complexity index is 744. The second kappa shape index (κ2) is 4.15. The summed E-state index contributed by atoms with van der Waals surface area (Å²) in [5, 5.41) is 0. The summed E-state index contributed by atoms with van der Waals surface area (Å²) in [6.07, 6.45) is 1.60. The Kier molecular flexibility index (Phi) is 2.79. The van der Waals surface area contributed by atoms with Gasteiger partial charge in [0.1, 0.15) is 5.52 Å². The predicted molar refractivity (Wildman–Crippen MR) is 68.6 cm³/mol. The van der Waals surface area contributed by atoms with E-state index < -0.39 is 0 Å². The van der Waals surface area contributed by atoms with Gasteiger partial charge in [-0.05, 0) is 20.8 Å². The van der Waals surface area contributed by atoms with Crippen molar-refractivity contribution in [2.24, 2.45) is 0 Å². The number of H-pyrrole nitrogens is 1. The minimum Gasteiger partial charge on any atom is -0.359 e. The van der Waals surface area contributed by atoms with E-state index in [4.69, 9.17) is 6.57 Å². The fourth-order valence-corrected chi connectivity index (χ4v) is 2.22. The fourth-order valence-electron chi connectivity index (χ4n) is 2.22. The molecule has 0 saturated heterocycles. The Hall–Kier alpha value is -2.35. The molecule has 0 unspecified atom stereocenters. The van der Waals surface area contributed by atoms with Crippen molar-refractivity contribution in [2.75, 3.05) is 0 Å². The third kappa shape index (κ3) is 1.54. The molecule has 2 rings (SSSR count). The number of carbonyl (C=O) groups excluding carboxylic acids is 1. The van der Waals surface area contributed by atoms with Crippen LogP contribution in [0.1, 0.15) is 28.5 Å². The van der Waals surface area contributed by atoms with Crippen LogP contribution in [-0.2, 0) is 6.67 Å². The summed E-state index contributed by atoms with van der Waals surface area (Å²) >= 11 is 0. The summed E-state index contributed by atoms with van der Waals surface area (Å²) in [4.78, 5) is 30.1. The maximum absolute atomic E-state index is 12.2. The average molecular weight is 243 g/mol. The first-order valence-corrected chi connectivity index (χ1v) is 5.54. The Labute approximate surface area is 104 Å². The number of aryl methyl sites for hydroxylation is 1. The molecule has 0 bridgehead atoms. The third-order valence-electron chi connectivity index (χ3n) is 3.09. The van der Waals surface area contributed by atoms with E-state index in [0.29, 0.717) is 27.9 Å². The first-order valence-electron chi connectivity index (χ1n) is 5.54. The molecule has 0 aromatic carbocycles. The maximum Gasteiger partial charge on any atom is 0.293 e. The van der Waals surface area contributed by atoms with Gasteiger partial charge in [0.05, 0.1) is 11.1 Å². The SMILES string of the molecule is [C-]#[N+]Cn1c(C)c(C(C)=O)c2[nH]cc(C)c(=O)c21. The van der Waals surface area contributed by atoms with Gasteiger partial charge in [-0.25, -0.2) is 6.57 Å². The van der Waals surface area contributed by atoms with Crippen molar-refractivity contribution in [2.45, 2.75) is 27.4 Å². The van der Waals surface area contributed by atoms with E-state index in [1.165, 1.54) is 6.92 Å². The van der Waals surface area contributed by atoms with Gasteiger partial charge in [0.15, 0.2) is 5.78 Å². The molecule has 0 aliphatic heterocycles. The number of aromatic nitrogens is 2. The van der Waals surface area contributed by atoms with Crippen molar-refractivity contribution in [3.63, 3.8) is 0 Å². The summed E-state index contributed by atoms with van der Waals surface area (Å²) < 4.78 is 1.60. The Morgan fingerprint density at radius 3 is 2.72 bits per heavy atom. The first-order chi connectivity index (χ1) is 8.49. The normalized spacial score (nSPS) is 10.6. The van der Waals surface area contributed by atoms with Crippen LogP contribution in [0.25, 0.3) is 15.9 Å². The molecule has 18 heavy (non-hydrogen) atoms. The minimum atomic E-state index is -0.136. The molecule has 0 atom stereocenters. The van der Waals surface area contributed by atoms with Crippen LogP contribution in [0.5, 0.6) is 0 Å². The molecule has 0 spiro atoms. The molecule has 2 aromatic rings. The maximum atomic E-state index is 12.2. The zero-order valence-electron chi connectivity index (χ0n) is 10.5. The number of hydrogen-bond donors (Lipinski definition) is 1. The zero-order chi connectivity index (χ0) is 13.4. The second-order valence-electron chi connectivity index (χ2n) is 4.27. The number of rotatable bonds is 2. The largest absolute Gasteiger partial charge is 0.359 e. The van der Waals surface area contributed by atoms with E-state index in [2.05, 4.69) is 9.83 Å². The van der Waals surface area contributed by atoms with Crippen LogP contribution in [0, 0.1) is 20.4 Å². The number of nitrogens with zero attached hydrogens (tertiary/aromatic N) is 2. The lowest BCUT2D eigenvalue weighted by molar-refractivity contribution is 0.101. The molecular formula is C13H13N3O2. The lowest BCUT2D eigenvalue weighted by Gasteiger charge is -1.99. The molecule has 0 fully saturated rings. The van der Waals surface area contributed by atoms with Gasteiger partial charge in [-0.3, -0.25) is 19.0 Å². The van der Waals surface area contributed by atoms with Gasteiger partial charge in [-0.15, -0.1) is 0 Å². The van der Waals surface area contributed by atoms with Crippen LogP contribution in [0.3, 0.4) is 0 Å². The van der Waals surface area contributed by atoms with Crippen LogP contribution < -0.4 is 5.43 Å². The van der Waals surface area contributed by atoms with E-state index in [9.17, 15) is 9.59 Å². The van der Waals surface area contributed by atoms with Gasteiger partial charge < -0.3 is 4.98 Å². The van der Waals surface area contributed by atoms with Crippen molar-refractivity contribution in [3.8, 4) is 0 Å². The zero-order valence-corrected chi connectivity index (χ0v) is 10.5. The van der Waals surface area contributed by atoms with Gasteiger partial charge in [0, 0.05) is 17.5 Å². The van der Waals surface area contributed by atoms with Gasteiger partial charge in [0.2, 0.25) is 5.43 Å². The summed E-state index contributed by atoms with van der Waals surface area (Å²) in [6.45, 7) is 11.9. The van der Waals surface area contributed by atoms with E-state index in [-0.39, 0.29) is 17.9 Å². The molecule has 92 valence electrons. The molecule has 5 heteroatoms. The number of fused-ring (bicyclic) bond motifs is 1. The summed E-state index contributed by atoms with van der Waals surface area (Å²) in [5.41, 5.74) is 2.52. The number of aromatic amines is 1. The summed E-state index contributed by atoms with van der Waals surface area (Å²) in [5.74, 6) is -0.110. The number of pyridine rings is 1. The highest BCUT2D eigenvalue weighted by Gasteiger charge is 2.21. The van der Waals surface area contributed by atoms with Crippen LogP contribution in [0.4, 0.5) is 0 Å². The summed E-state index contributed by atoms with van der Waals surface area (Å²) in [7, 11) is 0. The van der Waals surface area contributed by atoms with Crippen molar-refractivity contribution in [3.05, 3.63) is 44.7 Å². The van der Waals surface area contributed by atoms with E-state index >= 15 is 0 Å². The number of nitrogens with one attached hydrogen (secondary N) is 1. The molecule has 0 radical (unpaired) electrons. The molecule has 1 N–H and O–H groups in total. The number of carbonyl (C=O) groups is 1. The molecule has 0 aliphatic carbocycles. The lowest BCUT2D eigenvalue weighted by atomic mass is 10.1. The van der Waals surface area contributed by atoms with Crippen molar-refractivity contribution < 1.29 is 4.79 Å². The van der Waals surface area contributed by atoms with Crippen LogP contribution >= 0.6 is 0 Å². The standard InChI is InChI=1S/C13H13N3O2/c1-7-5-15-11-10(9(3)17)8(2)16(6-14-4)12(11)13(7)18/h5H,6H2,1-3H3,(H,15,18). The van der Waals surface area contributed by atoms with E-state index in [0.717, 1.165) is 0 Å². The van der Waals surface area contributed by atoms with Crippen molar-refractivity contribution >= 4 is 16.8 Å². The Morgan fingerprint density at radius 1 is 1.50 bits per heavy atom. The highest BCUT2D eigenvalue weighted by atomic mass is 16.1. The lowest BCUT2D eigenvalue weighted by Crippen LogP contribution is -2.11. The summed E-state index contributed by atoms with van der Waals surface area (Å²) in [6, 6.07) is 0. The Balaban J connectivity index is 3.03. The molecule has 0 amide bonds. The molecule has 2 aromatic heterocycles. The number of ketones is 1. The minimum absolute atomic E-state index is 0.0438. The van der Waals surface area contributed by atoms with Crippen LogP contribution in [0.15, 0.2) is 11.0 Å². The smallest absolute Gasteiger partial charge is 0.293 e. The molecule has 2 heterocycles. The van der Waals surface area contributed by atoms with Gasteiger partial charge in [0.25, 0.3) is 6.67 Å².